The van der Waals surface area contributed by atoms with Crippen LogP contribution in [0.3, 0.4) is 0 Å². The van der Waals surface area contributed by atoms with Crippen molar-refractivity contribution in [2.45, 2.75) is 13.8 Å². The van der Waals surface area contributed by atoms with E-state index in [0.29, 0.717) is 0 Å². The Morgan fingerprint density at radius 3 is 1.33 bits per heavy atom. The predicted molar refractivity (Wildman–Crippen MR) is 69.3 cm³/mol. The zero-order chi connectivity index (χ0) is 11.8. The van der Waals surface area contributed by atoms with Gasteiger partial charge in [-0.2, -0.15) is 0 Å². The summed E-state index contributed by atoms with van der Waals surface area (Å²) in [6.07, 6.45) is 7.51. The van der Waals surface area contributed by atoms with Crippen LogP contribution >= 0.6 is 0 Å². The molecule has 80 valence electrons. The van der Waals surface area contributed by atoms with Gasteiger partial charge in [0.05, 0.1) is 0 Å². The van der Waals surface area contributed by atoms with Gasteiger partial charge in [-0.3, -0.25) is 0 Å². The first-order valence-corrected chi connectivity index (χ1v) is 4.74. The molecule has 0 rings (SSSR count). The summed E-state index contributed by atoms with van der Waals surface area (Å²) in [5, 5.41) is 3.05. The van der Waals surface area contributed by atoms with E-state index in [-0.39, 0.29) is 0 Å². The van der Waals surface area contributed by atoms with E-state index in [0.717, 1.165) is 22.5 Å². The van der Waals surface area contributed by atoms with Gasteiger partial charge in [-0.1, -0.05) is 49.6 Å². The van der Waals surface area contributed by atoms with Crippen LogP contribution in [0.15, 0.2) is 73.2 Å². The van der Waals surface area contributed by atoms with Gasteiger partial charge in [-0.05, 0) is 26.0 Å². The fourth-order valence-corrected chi connectivity index (χ4v) is 0.775. The second-order valence-corrected chi connectivity index (χ2v) is 3.53. The van der Waals surface area contributed by atoms with Gasteiger partial charge in [0, 0.05) is 11.4 Å². The summed E-state index contributed by atoms with van der Waals surface area (Å²) in [4.78, 5) is 0. The number of hydrogen-bond acceptors (Lipinski definition) is 1. The Hall–Kier alpha value is -1.76. The van der Waals surface area contributed by atoms with Crippen LogP contribution in [-0.2, 0) is 0 Å². The minimum atomic E-state index is 0.786. The zero-order valence-electron chi connectivity index (χ0n) is 9.64. The normalized spacial score (nSPS) is 10.5. The van der Waals surface area contributed by atoms with Crippen LogP contribution in [0, 0.1) is 0 Å². The molecule has 0 aromatic rings. The van der Waals surface area contributed by atoms with Crippen LogP contribution in [0.2, 0.25) is 0 Å². The maximum absolute atomic E-state index is 3.84. The van der Waals surface area contributed by atoms with Crippen molar-refractivity contribution in [1.29, 1.82) is 0 Å². The summed E-state index contributed by atoms with van der Waals surface area (Å²) in [6.45, 7) is 19.1. The largest absolute Gasteiger partial charge is 0.356 e. The van der Waals surface area contributed by atoms with Crippen molar-refractivity contribution in [3.8, 4) is 0 Å². The van der Waals surface area contributed by atoms with E-state index in [1.54, 1.807) is 0 Å². The van der Waals surface area contributed by atoms with Gasteiger partial charge >= 0.3 is 0 Å². The number of hydrogen-bond donors (Lipinski definition) is 1. The molecule has 0 aliphatic carbocycles. The molecule has 0 saturated heterocycles. The third-order valence-corrected chi connectivity index (χ3v) is 1.46. The van der Waals surface area contributed by atoms with Crippen LogP contribution in [-0.4, -0.2) is 0 Å². The Morgan fingerprint density at radius 2 is 1.07 bits per heavy atom. The number of nitrogens with one attached hydrogen (secondary N) is 1. The van der Waals surface area contributed by atoms with Crippen molar-refractivity contribution in [3.63, 3.8) is 0 Å². The van der Waals surface area contributed by atoms with Gasteiger partial charge in [0.25, 0.3) is 0 Å². The molecule has 0 aliphatic rings. The lowest BCUT2D eigenvalue weighted by Gasteiger charge is -2.04. The molecule has 0 amide bonds. The Labute approximate surface area is 92.9 Å². The van der Waals surface area contributed by atoms with Gasteiger partial charge in [-0.25, -0.2) is 0 Å². The monoisotopic (exact) mass is 201 g/mol. The molecular formula is C14H19N. The zero-order valence-corrected chi connectivity index (χ0v) is 9.64. The molecule has 0 atom stereocenters. The smallest absolute Gasteiger partial charge is 0.0311 e. The maximum atomic E-state index is 3.84. The van der Waals surface area contributed by atoms with Crippen molar-refractivity contribution in [1.82, 2.24) is 5.32 Å². The number of rotatable bonds is 6. The minimum absolute atomic E-state index is 0.786. The second-order valence-electron chi connectivity index (χ2n) is 3.53. The number of allylic oxidation sites excluding steroid dienone is 6. The van der Waals surface area contributed by atoms with Crippen LogP contribution < -0.4 is 5.32 Å². The van der Waals surface area contributed by atoms with Crippen molar-refractivity contribution >= 4 is 0 Å². The summed E-state index contributed by atoms with van der Waals surface area (Å²) < 4.78 is 0. The summed E-state index contributed by atoms with van der Waals surface area (Å²) in [5.74, 6) is 0. The molecule has 0 spiro atoms. The molecule has 0 unspecified atom stereocenters. The Kier molecular flexibility index (Phi) is 5.88. The molecule has 1 N–H and O–H groups in total. The topological polar surface area (TPSA) is 12.0 Å². The molecular weight excluding hydrogens is 182 g/mol. The lowest BCUT2D eigenvalue weighted by molar-refractivity contribution is 1.06. The Balaban J connectivity index is 4.14. The lowest BCUT2D eigenvalue weighted by Crippen LogP contribution is -2.07. The van der Waals surface area contributed by atoms with Crippen molar-refractivity contribution in [2.24, 2.45) is 0 Å². The van der Waals surface area contributed by atoms with E-state index >= 15 is 0 Å². The van der Waals surface area contributed by atoms with Crippen molar-refractivity contribution in [2.75, 3.05) is 0 Å². The fourth-order valence-electron chi connectivity index (χ4n) is 0.775. The molecule has 0 fully saturated rings. The first-order valence-electron chi connectivity index (χ1n) is 4.74. The van der Waals surface area contributed by atoms with Crippen LogP contribution in [0.1, 0.15) is 13.8 Å². The molecule has 0 aromatic carbocycles. The second kappa shape index (κ2) is 6.66. The van der Waals surface area contributed by atoms with Crippen molar-refractivity contribution < 1.29 is 0 Å². The van der Waals surface area contributed by atoms with Gasteiger partial charge in [0.1, 0.15) is 0 Å². The predicted octanol–water partition coefficient (Wildman–Crippen LogP) is 3.87. The van der Waals surface area contributed by atoms with E-state index in [4.69, 9.17) is 0 Å². The standard InChI is InChI=1S/C14H19N/c1-11(2)7-9-13(5)15-14(6)10-8-12(3)4/h7-10,15H,1,3,5-6H2,2,4H3/b9-7-,10-8-. The van der Waals surface area contributed by atoms with E-state index in [2.05, 4.69) is 31.6 Å². The van der Waals surface area contributed by atoms with E-state index in [9.17, 15) is 0 Å². The maximum Gasteiger partial charge on any atom is 0.0311 e. The molecule has 0 radical (unpaired) electrons. The van der Waals surface area contributed by atoms with Crippen LogP contribution in [0.5, 0.6) is 0 Å². The summed E-state index contributed by atoms with van der Waals surface area (Å²) in [6, 6.07) is 0. The fraction of sp³-hybridized carbons (Fsp3) is 0.143. The van der Waals surface area contributed by atoms with Crippen LogP contribution in [0.25, 0.3) is 0 Å². The SMILES string of the molecule is C=C(C)/C=C\C(=C)NC(=C)/C=C\C(=C)C. The molecule has 15 heavy (non-hydrogen) atoms. The summed E-state index contributed by atoms with van der Waals surface area (Å²) >= 11 is 0. The highest BCUT2D eigenvalue weighted by atomic mass is 14.9. The van der Waals surface area contributed by atoms with Crippen LogP contribution in [0.4, 0.5) is 0 Å². The third-order valence-electron chi connectivity index (χ3n) is 1.46. The first-order chi connectivity index (χ1) is 6.91. The summed E-state index contributed by atoms with van der Waals surface area (Å²) in [7, 11) is 0. The lowest BCUT2D eigenvalue weighted by atomic mass is 10.2. The van der Waals surface area contributed by atoms with E-state index < -0.39 is 0 Å². The quantitative estimate of drug-likeness (QED) is 0.643. The molecule has 0 bridgehead atoms. The molecule has 0 heterocycles. The highest BCUT2D eigenvalue weighted by Crippen LogP contribution is 1.99. The molecule has 0 aromatic heterocycles. The van der Waals surface area contributed by atoms with Gasteiger partial charge in [0.2, 0.25) is 0 Å². The summed E-state index contributed by atoms with van der Waals surface area (Å²) in [5.41, 5.74) is 3.55. The van der Waals surface area contributed by atoms with Gasteiger partial charge in [0.15, 0.2) is 0 Å². The Morgan fingerprint density at radius 1 is 0.733 bits per heavy atom. The molecule has 0 saturated carbocycles. The Bertz CT molecular complexity index is 306. The molecule has 0 aliphatic heterocycles. The highest BCUT2D eigenvalue weighted by Gasteiger charge is 1.88. The average molecular weight is 201 g/mol. The minimum Gasteiger partial charge on any atom is -0.356 e. The highest BCUT2D eigenvalue weighted by molar-refractivity contribution is 5.29. The van der Waals surface area contributed by atoms with E-state index in [1.165, 1.54) is 0 Å². The first kappa shape index (κ1) is 13.2. The molecule has 1 heteroatoms. The van der Waals surface area contributed by atoms with Gasteiger partial charge < -0.3 is 5.32 Å². The third kappa shape index (κ3) is 8.57. The average Bonchev–Trinajstić information content (AvgIpc) is 2.11. The van der Waals surface area contributed by atoms with E-state index in [1.807, 2.05) is 38.2 Å². The van der Waals surface area contributed by atoms with Crippen molar-refractivity contribution in [3.05, 3.63) is 73.2 Å². The molecule has 1 nitrogen and oxygen atoms in total. The van der Waals surface area contributed by atoms with Gasteiger partial charge in [-0.15, -0.1) is 0 Å².